The average Bonchev–Trinajstić information content (AvgIpc) is 2.59. The van der Waals surface area contributed by atoms with Crippen LogP contribution < -0.4 is 10.1 Å². The molecule has 0 spiro atoms. The lowest BCUT2D eigenvalue weighted by molar-refractivity contribution is -0.117. The Kier molecular flexibility index (Phi) is 7.76. The van der Waals surface area contributed by atoms with Gasteiger partial charge in [-0.25, -0.2) is 0 Å². The minimum Gasteiger partial charge on any atom is -0.491 e. The Labute approximate surface area is 165 Å². The first kappa shape index (κ1) is 20.6. The Morgan fingerprint density at radius 1 is 1.12 bits per heavy atom. The Bertz CT molecular complexity index is 730. The number of carbonyl (C=O) groups excluding carboxylic acids is 1. The van der Waals surface area contributed by atoms with E-state index in [0.29, 0.717) is 22.3 Å². The van der Waals surface area contributed by atoms with E-state index in [4.69, 9.17) is 27.9 Å². The SMILES string of the molecule is CCN(CC(=O)Nc1c(Cl)cccc1Cl)Cc1ccccc1OC(C)C. The zero-order valence-corrected chi connectivity index (χ0v) is 16.8. The molecule has 0 saturated heterocycles. The second-order valence-corrected chi connectivity index (χ2v) is 7.04. The molecule has 0 bridgehead atoms. The Hall–Kier alpha value is -1.75. The third kappa shape index (κ3) is 5.90. The minimum absolute atomic E-state index is 0.0943. The highest BCUT2D eigenvalue weighted by Gasteiger charge is 2.15. The summed E-state index contributed by atoms with van der Waals surface area (Å²) in [6.07, 6.45) is 0.0943. The summed E-state index contributed by atoms with van der Waals surface area (Å²) in [4.78, 5) is 14.5. The molecule has 1 N–H and O–H groups in total. The molecule has 2 aromatic carbocycles. The van der Waals surface area contributed by atoms with Crippen LogP contribution in [0.3, 0.4) is 0 Å². The molecule has 0 saturated carbocycles. The summed E-state index contributed by atoms with van der Waals surface area (Å²) in [5.74, 6) is 0.680. The van der Waals surface area contributed by atoms with Crippen molar-refractivity contribution in [2.24, 2.45) is 0 Å². The number of likely N-dealkylation sites (N-methyl/N-ethyl adjacent to an activating group) is 1. The van der Waals surface area contributed by atoms with E-state index in [1.807, 2.05) is 49.9 Å². The van der Waals surface area contributed by atoms with Crippen LogP contribution >= 0.6 is 23.2 Å². The van der Waals surface area contributed by atoms with Gasteiger partial charge < -0.3 is 10.1 Å². The highest BCUT2D eigenvalue weighted by atomic mass is 35.5. The second-order valence-electron chi connectivity index (χ2n) is 6.22. The molecule has 0 fully saturated rings. The molecule has 0 aliphatic heterocycles. The lowest BCUT2D eigenvalue weighted by Crippen LogP contribution is -2.33. The summed E-state index contributed by atoms with van der Waals surface area (Å²) in [5, 5.41) is 3.64. The number of hydrogen-bond acceptors (Lipinski definition) is 3. The van der Waals surface area contributed by atoms with E-state index in [9.17, 15) is 4.79 Å². The van der Waals surface area contributed by atoms with Gasteiger partial charge in [-0.05, 0) is 38.6 Å². The van der Waals surface area contributed by atoms with Crippen LogP contribution in [0.1, 0.15) is 26.3 Å². The van der Waals surface area contributed by atoms with E-state index >= 15 is 0 Å². The van der Waals surface area contributed by atoms with Gasteiger partial charge in [0.15, 0.2) is 0 Å². The van der Waals surface area contributed by atoms with Crippen molar-refractivity contribution in [2.45, 2.75) is 33.4 Å². The van der Waals surface area contributed by atoms with Gasteiger partial charge in [-0.2, -0.15) is 0 Å². The van der Waals surface area contributed by atoms with Gasteiger partial charge in [0.2, 0.25) is 5.91 Å². The van der Waals surface area contributed by atoms with E-state index < -0.39 is 0 Å². The summed E-state index contributed by atoms with van der Waals surface area (Å²) in [5.41, 5.74) is 1.49. The first-order valence-electron chi connectivity index (χ1n) is 8.61. The lowest BCUT2D eigenvalue weighted by Gasteiger charge is -2.22. The summed E-state index contributed by atoms with van der Waals surface area (Å²) in [7, 11) is 0. The van der Waals surface area contributed by atoms with Gasteiger partial charge in [0.25, 0.3) is 0 Å². The van der Waals surface area contributed by atoms with Crippen LogP contribution in [-0.4, -0.2) is 30.0 Å². The van der Waals surface area contributed by atoms with Crippen molar-refractivity contribution in [1.29, 1.82) is 0 Å². The fourth-order valence-corrected chi connectivity index (χ4v) is 3.01. The lowest BCUT2D eigenvalue weighted by atomic mass is 10.2. The molecule has 0 radical (unpaired) electrons. The Morgan fingerprint density at radius 2 is 1.77 bits per heavy atom. The summed E-state index contributed by atoms with van der Waals surface area (Å²) in [6, 6.07) is 13.0. The highest BCUT2D eigenvalue weighted by molar-refractivity contribution is 6.39. The number of amides is 1. The van der Waals surface area contributed by atoms with E-state index in [0.717, 1.165) is 17.9 Å². The molecule has 6 heteroatoms. The number of nitrogens with one attached hydrogen (secondary N) is 1. The molecule has 140 valence electrons. The molecule has 0 aliphatic carbocycles. The van der Waals surface area contributed by atoms with Crippen LogP contribution in [0.15, 0.2) is 42.5 Å². The number of benzene rings is 2. The predicted molar refractivity (Wildman–Crippen MR) is 108 cm³/mol. The zero-order valence-electron chi connectivity index (χ0n) is 15.3. The molecule has 0 heterocycles. The van der Waals surface area contributed by atoms with Crippen LogP contribution in [0.2, 0.25) is 10.0 Å². The van der Waals surface area contributed by atoms with Gasteiger partial charge in [-0.15, -0.1) is 0 Å². The summed E-state index contributed by atoms with van der Waals surface area (Å²) in [6.45, 7) is 7.57. The number of hydrogen-bond donors (Lipinski definition) is 1. The van der Waals surface area contributed by atoms with Gasteiger partial charge in [-0.1, -0.05) is 54.4 Å². The van der Waals surface area contributed by atoms with Crippen molar-refractivity contribution in [3.63, 3.8) is 0 Å². The van der Waals surface area contributed by atoms with Gasteiger partial charge in [-0.3, -0.25) is 9.69 Å². The molecule has 1 amide bonds. The normalized spacial score (nSPS) is 11.0. The number of halogens is 2. The maximum Gasteiger partial charge on any atom is 0.238 e. The van der Waals surface area contributed by atoms with E-state index in [2.05, 4.69) is 5.32 Å². The average molecular weight is 395 g/mol. The monoisotopic (exact) mass is 394 g/mol. The maximum atomic E-state index is 12.4. The minimum atomic E-state index is -0.163. The molecule has 26 heavy (non-hydrogen) atoms. The first-order chi connectivity index (χ1) is 12.4. The molecular formula is C20H24Cl2N2O2. The van der Waals surface area contributed by atoms with Gasteiger partial charge in [0.05, 0.1) is 28.4 Å². The fraction of sp³-hybridized carbons (Fsp3) is 0.350. The number of anilines is 1. The maximum absolute atomic E-state index is 12.4. The van der Waals surface area contributed by atoms with Crippen LogP contribution in [0.5, 0.6) is 5.75 Å². The number of nitrogens with zero attached hydrogens (tertiary/aromatic N) is 1. The highest BCUT2D eigenvalue weighted by Crippen LogP contribution is 2.29. The number of para-hydroxylation sites is 2. The fourth-order valence-electron chi connectivity index (χ4n) is 2.52. The van der Waals surface area contributed by atoms with Crippen LogP contribution in [0.4, 0.5) is 5.69 Å². The second kappa shape index (κ2) is 9.81. The van der Waals surface area contributed by atoms with Gasteiger partial charge >= 0.3 is 0 Å². The molecule has 2 rings (SSSR count). The summed E-state index contributed by atoms with van der Waals surface area (Å²) >= 11 is 12.2. The van der Waals surface area contributed by atoms with Crippen molar-refractivity contribution in [3.8, 4) is 5.75 Å². The Balaban J connectivity index is 2.05. The van der Waals surface area contributed by atoms with E-state index in [1.165, 1.54) is 0 Å². The molecule has 0 unspecified atom stereocenters. The molecule has 0 aliphatic rings. The molecular weight excluding hydrogens is 371 g/mol. The molecule has 2 aromatic rings. The molecule has 4 nitrogen and oxygen atoms in total. The van der Waals surface area contributed by atoms with Crippen LogP contribution in [0, 0.1) is 0 Å². The van der Waals surface area contributed by atoms with Crippen LogP contribution in [0.25, 0.3) is 0 Å². The van der Waals surface area contributed by atoms with E-state index in [1.54, 1.807) is 18.2 Å². The zero-order chi connectivity index (χ0) is 19.1. The predicted octanol–water partition coefficient (Wildman–Crippen LogP) is 5.24. The third-order valence-corrected chi connectivity index (χ3v) is 4.40. The smallest absolute Gasteiger partial charge is 0.238 e. The topological polar surface area (TPSA) is 41.6 Å². The van der Waals surface area contributed by atoms with Crippen molar-refractivity contribution in [3.05, 3.63) is 58.1 Å². The molecule has 0 aromatic heterocycles. The van der Waals surface area contributed by atoms with Gasteiger partial charge in [0.1, 0.15) is 5.75 Å². The Morgan fingerprint density at radius 3 is 2.38 bits per heavy atom. The summed E-state index contributed by atoms with van der Waals surface area (Å²) < 4.78 is 5.86. The van der Waals surface area contributed by atoms with Crippen LogP contribution in [-0.2, 0) is 11.3 Å². The number of rotatable bonds is 8. The number of ether oxygens (including phenoxy) is 1. The number of carbonyl (C=O) groups is 1. The molecule has 0 atom stereocenters. The van der Waals surface area contributed by atoms with Crippen molar-refractivity contribution in [2.75, 3.05) is 18.4 Å². The van der Waals surface area contributed by atoms with Crippen molar-refractivity contribution in [1.82, 2.24) is 4.90 Å². The quantitative estimate of drug-likeness (QED) is 0.665. The third-order valence-electron chi connectivity index (χ3n) is 3.77. The van der Waals surface area contributed by atoms with Crippen molar-refractivity contribution >= 4 is 34.8 Å². The largest absolute Gasteiger partial charge is 0.491 e. The standard InChI is InChI=1S/C20H24Cl2N2O2/c1-4-24(12-15-8-5-6-11-18(15)26-14(2)3)13-19(25)23-20-16(21)9-7-10-17(20)22/h5-11,14H,4,12-13H2,1-3H3,(H,23,25). The van der Waals surface area contributed by atoms with E-state index in [-0.39, 0.29) is 18.6 Å². The van der Waals surface area contributed by atoms with Crippen molar-refractivity contribution < 1.29 is 9.53 Å². The van der Waals surface area contributed by atoms with Gasteiger partial charge in [0, 0.05) is 12.1 Å². The first-order valence-corrected chi connectivity index (χ1v) is 9.37.